The van der Waals surface area contributed by atoms with Crippen LogP contribution in [0.4, 0.5) is 0 Å². The highest BCUT2D eigenvalue weighted by Gasteiger charge is 2.41. The molecule has 1 aliphatic rings. The average Bonchev–Trinajstić information content (AvgIpc) is 2.67. The molecule has 140 valence electrons. The van der Waals surface area contributed by atoms with Gasteiger partial charge in [0.15, 0.2) is 0 Å². The fraction of sp³-hybridized carbons (Fsp3) is 0.450. The van der Waals surface area contributed by atoms with E-state index >= 15 is 0 Å². The predicted octanol–water partition coefficient (Wildman–Crippen LogP) is 3.43. The van der Waals surface area contributed by atoms with Crippen LogP contribution in [0.1, 0.15) is 25.7 Å². The number of hydrogen-bond acceptors (Lipinski definition) is 6. The number of thioether (sulfide) groups is 1. The van der Waals surface area contributed by atoms with E-state index < -0.39 is 17.1 Å². The Kier molecular flexibility index (Phi) is 7.45. The number of rotatable bonds is 7. The van der Waals surface area contributed by atoms with Crippen LogP contribution in [0.15, 0.2) is 47.4 Å². The number of carbonyl (C=O) groups is 3. The summed E-state index contributed by atoms with van der Waals surface area (Å²) < 4.78 is 9.71. The van der Waals surface area contributed by atoms with Crippen LogP contribution in [0.2, 0.25) is 0 Å². The summed E-state index contributed by atoms with van der Waals surface area (Å²) in [5, 5.41) is -0.512. The van der Waals surface area contributed by atoms with Crippen molar-refractivity contribution in [1.29, 1.82) is 0 Å². The third kappa shape index (κ3) is 4.97. The molecule has 0 N–H and O–H groups in total. The van der Waals surface area contributed by atoms with Crippen molar-refractivity contribution in [2.45, 2.75) is 35.8 Å². The minimum Gasteiger partial charge on any atom is -0.468 e. The Morgan fingerprint density at radius 3 is 2.54 bits per heavy atom. The van der Waals surface area contributed by atoms with E-state index in [4.69, 9.17) is 9.47 Å². The third-order valence-electron chi connectivity index (χ3n) is 4.66. The van der Waals surface area contributed by atoms with Crippen molar-refractivity contribution in [3.8, 4) is 0 Å². The molecule has 5 nitrogen and oxygen atoms in total. The average molecular weight is 376 g/mol. The van der Waals surface area contributed by atoms with Gasteiger partial charge in [0, 0.05) is 22.8 Å². The lowest BCUT2D eigenvalue weighted by Gasteiger charge is -2.34. The molecule has 3 atom stereocenters. The summed E-state index contributed by atoms with van der Waals surface area (Å²) in [5.41, 5.74) is 0.256. The van der Waals surface area contributed by atoms with E-state index in [-0.39, 0.29) is 29.7 Å². The molecule has 1 fully saturated rings. The largest absolute Gasteiger partial charge is 0.468 e. The number of Topliss-reactive ketones (excluding diaryl/α,β-unsaturated/α-hetero) is 1. The summed E-state index contributed by atoms with van der Waals surface area (Å²) in [5.74, 6) is -1.46. The molecule has 0 aromatic heterocycles. The molecule has 0 spiro atoms. The molecule has 1 saturated carbocycles. The Balaban J connectivity index is 2.26. The zero-order valence-corrected chi connectivity index (χ0v) is 15.9. The zero-order chi connectivity index (χ0) is 19.1. The maximum Gasteiger partial charge on any atom is 0.333 e. The summed E-state index contributed by atoms with van der Waals surface area (Å²) in [7, 11) is 2.64. The van der Waals surface area contributed by atoms with Crippen LogP contribution in [0.25, 0.3) is 0 Å². The van der Waals surface area contributed by atoms with E-state index in [0.29, 0.717) is 6.42 Å². The summed E-state index contributed by atoms with van der Waals surface area (Å²) in [6.45, 7) is 3.75. The second-order valence-electron chi connectivity index (χ2n) is 6.30. The molecule has 1 aromatic rings. The smallest absolute Gasteiger partial charge is 0.333 e. The zero-order valence-electron chi connectivity index (χ0n) is 15.1. The van der Waals surface area contributed by atoms with Gasteiger partial charge >= 0.3 is 11.9 Å². The molecule has 1 unspecified atom stereocenters. The van der Waals surface area contributed by atoms with E-state index in [1.165, 1.54) is 26.0 Å². The first-order valence-corrected chi connectivity index (χ1v) is 9.44. The number of methoxy groups -OCH3 is 2. The number of esters is 2. The monoisotopic (exact) mass is 376 g/mol. The normalized spacial score (nSPS) is 20.9. The second kappa shape index (κ2) is 9.57. The van der Waals surface area contributed by atoms with Crippen molar-refractivity contribution in [2.24, 2.45) is 11.8 Å². The Hall–Kier alpha value is -2.08. The van der Waals surface area contributed by atoms with Crippen LogP contribution < -0.4 is 0 Å². The summed E-state index contributed by atoms with van der Waals surface area (Å²) in [6.07, 6.45) is 2.12. The van der Waals surface area contributed by atoms with Gasteiger partial charge in [-0.05, 0) is 37.3 Å². The van der Waals surface area contributed by atoms with Gasteiger partial charge in [-0.3, -0.25) is 9.59 Å². The van der Waals surface area contributed by atoms with Crippen LogP contribution in [-0.2, 0) is 23.9 Å². The van der Waals surface area contributed by atoms with Crippen LogP contribution in [0.5, 0.6) is 0 Å². The highest BCUT2D eigenvalue weighted by atomic mass is 32.2. The summed E-state index contributed by atoms with van der Waals surface area (Å²) >= 11 is 1.40. The molecule has 6 heteroatoms. The fourth-order valence-electron chi connectivity index (χ4n) is 3.33. The molecule has 0 bridgehead atoms. The fourth-order valence-corrected chi connectivity index (χ4v) is 4.63. The van der Waals surface area contributed by atoms with Crippen molar-refractivity contribution >= 4 is 29.5 Å². The van der Waals surface area contributed by atoms with E-state index in [1.54, 1.807) is 0 Å². The van der Waals surface area contributed by atoms with Gasteiger partial charge in [0.05, 0.1) is 14.2 Å². The van der Waals surface area contributed by atoms with E-state index in [2.05, 4.69) is 6.58 Å². The Morgan fingerprint density at radius 2 is 1.92 bits per heavy atom. The Labute approximate surface area is 158 Å². The van der Waals surface area contributed by atoms with Crippen molar-refractivity contribution in [3.63, 3.8) is 0 Å². The molecule has 0 saturated heterocycles. The molecule has 1 aliphatic carbocycles. The molecule has 26 heavy (non-hydrogen) atoms. The van der Waals surface area contributed by atoms with Crippen LogP contribution >= 0.6 is 11.8 Å². The minimum atomic E-state index is -0.521. The van der Waals surface area contributed by atoms with Gasteiger partial charge in [-0.25, -0.2) is 4.79 Å². The molecule has 0 radical (unpaired) electrons. The van der Waals surface area contributed by atoms with E-state index in [9.17, 15) is 14.4 Å². The number of hydrogen-bond donors (Lipinski definition) is 0. The summed E-state index contributed by atoms with van der Waals surface area (Å²) in [4.78, 5) is 37.7. The van der Waals surface area contributed by atoms with Gasteiger partial charge in [-0.2, -0.15) is 0 Å². The lowest BCUT2D eigenvalue weighted by molar-refractivity contribution is -0.142. The minimum absolute atomic E-state index is 0.0638. The number of ketones is 1. The lowest BCUT2D eigenvalue weighted by atomic mass is 9.73. The number of ether oxygens (including phenoxy) is 2. The second-order valence-corrected chi connectivity index (χ2v) is 7.52. The quantitative estimate of drug-likeness (QED) is 0.413. The van der Waals surface area contributed by atoms with Crippen molar-refractivity contribution in [2.75, 3.05) is 14.2 Å². The topological polar surface area (TPSA) is 69.7 Å². The van der Waals surface area contributed by atoms with Crippen molar-refractivity contribution < 1.29 is 23.9 Å². The van der Waals surface area contributed by atoms with E-state index in [1.807, 2.05) is 30.3 Å². The molecule has 0 amide bonds. The van der Waals surface area contributed by atoms with Gasteiger partial charge in [-0.15, -0.1) is 11.8 Å². The predicted molar refractivity (Wildman–Crippen MR) is 99.7 cm³/mol. The molecule has 0 aliphatic heterocycles. The van der Waals surface area contributed by atoms with Crippen molar-refractivity contribution in [3.05, 3.63) is 42.5 Å². The summed E-state index contributed by atoms with van der Waals surface area (Å²) in [6, 6.07) is 9.56. The highest BCUT2D eigenvalue weighted by Crippen LogP contribution is 2.41. The van der Waals surface area contributed by atoms with Gasteiger partial charge in [0.25, 0.3) is 0 Å². The Bertz CT molecular complexity index is 670. The first-order chi connectivity index (χ1) is 12.5. The molecule has 0 heterocycles. The van der Waals surface area contributed by atoms with Crippen molar-refractivity contribution in [1.82, 2.24) is 0 Å². The van der Waals surface area contributed by atoms with Crippen LogP contribution in [0, 0.1) is 11.8 Å². The van der Waals surface area contributed by atoms with Gasteiger partial charge < -0.3 is 9.47 Å². The number of carbonyl (C=O) groups excluding carboxylic acids is 3. The van der Waals surface area contributed by atoms with Gasteiger partial charge in [0.2, 0.25) is 0 Å². The van der Waals surface area contributed by atoms with E-state index in [0.717, 1.165) is 17.7 Å². The maximum absolute atomic E-state index is 12.6. The Morgan fingerprint density at radius 1 is 1.23 bits per heavy atom. The molecular weight excluding hydrogens is 352 g/mol. The highest BCUT2D eigenvalue weighted by molar-refractivity contribution is 8.00. The van der Waals surface area contributed by atoms with Crippen LogP contribution in [-0.4, -0.2) is 37.2 Å². The lowest BCUT2D eigenvalue weighted by Crippen LogP contribution is -2.39. The third-order valence-corrected chi connectivity index (χ3v) is 6.00. The number of benzene rings is 1. The van der Waals surface area contributed by atoms with Crippen LogP contribution in [0.3, 0.4) is 0 Å². The SMILES string of the molecule is C=C(C[C@H]1C(=O)CCC[C@@H]1C(Sc1ccccc1)C(=O)OC)C(=O)OC. The molecule has 2 rings (SSSR count). The maximum atomic E-state index is 12.6. The first-order valence-electron chi connectivity index (χ1n) is 8.56. The molecule has 1 aromatic carbocycles. The van der Waals surface area contributed by atoms with Gasteiger partial charge in [0.1, 0.15) is 11.0 Å². The molecular formula is C20H24O5S. The van der Waals surface area contributed by atoms with Gasteiger partial charge in [-0.1, -0.05) is 24.8 Å². The first kappa shape index (κ1) is 20.2. The standard InChI is InChI=1S/C20H24O5S/c1-13(19(22)24-2)12-16-15(10-7-11-17(16)21)18(20(23)25-3)26-14-8-5-4-6-9-14/h4-6,8-9,15-16,18H,1,7,10-12H2,2-3H3/t15-,16+,18?/m0/s1.